The Balaban J connectivity index is 1.73. The molecule has 1 aliphatic heterocycles. The van der Waals surface area contributed by atoms with Crippen LogP contribution in [0.1, 0.15) is 43.0 Å². The Morgan fingerprint density at radius 1 is 1.36 bits per heavy atom. The van der Waals surface area contributed by atoms with E-state index >= 15 is 0 Å². The van der Waals surface area contributed by atoms with E-state index in [0.29, 0.717) is 23.7 Å². The van der Waals surface area contributed by atoms with Crippen LogP contribution in [-0.4, -0.2) is 44.5 Å². The second-order valence-corrected chi connectivity index (χ2v) is 6.10. The zero-order valence-corrected chi connectivity index (χ0v) is 13.7. The number of methoxy groups -OCH3 is 1. The molecule has 1 aliphatic rings. The molecule has 1 saturated heterocycles. The number of hydrogen-bond acceptors (Lipinski definition) is 4. The van der Waals surface area contributed by atoms with Crippen molar-refractivity contribution < 1.29 is 14.3 Å². The minimum atomic E-state index is 0.546. The summed E-state index contributed by atoms with van der Waals surface area (Å²) in [5, 5.41) is 0. The van der Waals surface area contributed by atoms with Gasteiger partial charge in [-0.15, -0.1) is 0 Å². The fourth-order valence-corrected chi connectivity index (χ4v) is 3.04. The molecular weight excluding hydrogens is 278 g/mol. The van der Waals surface area contributed by atoms with Crippen LogP contribution in [0.3, 0.4) is 0 Å². The highest BCUT2D eigenvalue weighted by atomic mass is 16.5. The number of piperidine rings is 1. The van der Waals surface area contributed by atoms with Crippen LogP contribution in [0.5, 0.6) is 11.5 Å². The SMILES string of the molecule is COc1cccc(C=O)c1OCCCCN1CCC[C@H](C)C1. The Hall–Kier alpha value is -1.55. The number of likely N-dealkylation sites (tertiary alicyclic amines) is 1. The molecule has 0 aromatic heterocycles. The first kappa shape index (κ1) is 16.8. The van der Waals surface area contributed by atoms with E-state index in [1.165, 1.54) is 25.9 Å². The van der Waals surface area contributed by atoms with Gasteiger partial charge >= 0.3 is 0 Å². The van der Waals surface area contributed by atoms with E-state index < -0.39 is 0 Å². The molecule has 0 radical (unpaired) electrons. The Morgan fingerprint density at radius 3 is 2.95 bits per heavy atom. The summed E-state index contributed by atoms with van der Waals surface area (Å²) in [5.41, 5.74) is 0.546. The fraction of sp³-hybridized carbons (Fsp3) is 0.611. The molecule has 0 unspecified atom stereocenters. The second-order valence-electron chi connectivity index (χ2n) is 6.10. The van der Waals surface area contributed by atoms with Gasteiger partial charge in [0.25, 0.3) is 0 Å². The van der Waals surface area contributed by atoms with Crippen LogP contribution in [0.15, 0.2) is 18.2 Å². The normalized spacial score (nSPS) is 18.9. The Labute approximate surface area is 133 Å². The van der Waals surface area contributed by atoms with E-state index in [-0.39, 0.29) is 0 Å². The number of hydrogen-bond donors (Lipinski definition) is 0. The van der Waals surface area contributed by atoms with Crippen LogP contribution < -0.4 is 9.47 Å². The summed E-state index contributed by atoms with van der Waals surface area (Å²) in [6.45, 7) is 6.54. The van der Waals surface area contributed by atoms with Crippen molar-refractivity contribution in [2.75, 3.05) is 33.4 Å². The second kappa shape index (κ2) is 8.79. The Morgan fingerprint density at radius 2 is 2.23 bits per heavy atom. The summed E-state index contributed by atoms with van der Waals surface area (Å²) >= 11 is 0. The van der Waals surface area contributed by atoms with Crippen molar-refractivity contribution in [3.05, 3.63) is 23.8 Å². The van der Waals surface area contributed by atoms with E-state index in [0.717, 1.165) is 31.6 Å². The predicted octanol–water partition coefficient (Wildman–Crippen LogP) is 3.40. The summed E-state index contributed by atoms with van der Waals surface area (Å²) in [6, 6.07) is 5.37. The van der Waals surface area contributed by atoms with Gasteiger partial charge in [0.15, 0.2) is 17.8 Å². The van der Waals surface area contributed by atoms with E-state index in [2.05, 4.69) is 11.8 Å². The van der Waals surface area contributed by atoms with Gasteiger partial charge in [-0.05, 0) is 56.8 Å². The highest BCUT2D eigenvalue weighted by molar-refractivity contribution is 5.81. The van der Waals surface area contributed by atoms with E-state index in [1.54, 1.807) is 19.2 Å². The molecule has 1 aromatic rings. The highest BCUT2D eigenvalue weighted by Crippen LogP contribution is 2.30. The topological polar surface area (TPSA) is 38.8 Å². The van der Waals surface area contributed by atoms with Crippen LogP contribution in [0.2, 0.25) is 0 Å². The minimum absolute atomic E-state index is 0.546. The number of benzene rings is 1. The van der Waals surface area contributed by atoms with Gasteiger partial charge < -0.3 is 14.4 Å². The molecule has 0 aliphatic carbocycles. The molecule has 0 amide bonds. The lowest BCUT2D eigenvalue weighted by Crippen LogP contribution is -2.35. The molecule has 1 fully saturated rings. The maximum absolute atomic E-state index is 11.1. The van der Waals surface area contributed by atoms with Crippen LogP contribution in [0, 0.1) is 5.92 Å². The molecule has 122 valence electrons. The largest absolute Gasteiger partial charge is 0.493 e. The third kappa shape index (κ3) is 4.73. The summed E-state index contributed by atoms with van der Waals surface area (Å²) in [5.74, 6) is 2.01. The number of ether oxygens (including phenoxy) is 2. The smallest absolute Gasteiger partial charge is 0.171 e. The Kier molecular flexibility index (Phi) is 6.72. The quantitative estimate of drug-likeness (QED) is 0.545. The summed E-state index contributed by atoms with van der Waals surface area (Å²) in [4.78, 5) is 13.6. The molecule has 4 heteroatoms. The number of para-hydroxylation sites is 1. The summed E-state index contributed by atoms with van der Waals surface area (Å²) < 4.78 is 11.0. The molecule has 1 heterocycles. The van der Waals surface area contributed by atoms with Crippen molar-refractivity contribution >= 4 is 6.29 Å². The van der Waals surface area contributed by atoms with Crippen LogP contribution in [0.25, 0.3) is 0 Å². The maximum Gasteiger partial charge on any atom is 0.171 e. The Bertz CT molecular complexity index is 475. The number of unbranched alkanes of at least 4 members (excludes halogenated alkanes) is 1. The molecule has 0 spiro atoms. The van der Waals surface area contributed by atoms with Gasteiger partial charge in [-0.1, -0.05) is 13.0 Å². The predicted molar refractivity (Wildman–Crippen MR) is 87.9 cm³/mol. The van der Waals surface area contributed by atoms with Crippen molar-refractivity contribution in [1.29, 1.82) is 0 Å². The minimum Gasteiger partial charge on any atom is -0.493 e. The monoisotopic (exact) mass is 305 g/mol. The first-order chi connectivity index (χ1) is 10.7. The van der Waals surface area contributed by atoms with Crippen molar-refractivity contribution in [1.82, 2.24) is 4.90 Å². The van der Waals surface area contributed by atoms with Gasteiger partial charge in [-0.3, -0.25) is 4.79 Å². The number of aldehydes is 1. The third-order valence-corrected chi connectivity index (χ3v) is 4.21. The average Bonchev–Trinajstić information content (AvgIpc) is 2.54. The van der Waals surface area contributed by atoms with Crippen molar-refractivity contribution in [3.8, 4) is 11.5 Å². The van der Waals surface area contributed by atoms with Gasteiger partial charge in [0.2, 0.25) is 0 Å². The number of carbonyl (C=O) groups is 1. The zero-order valence-electron chi connectivity index (χ0n) is 13.7. The number of rotatable bonds is 8. The first-order valence-electron chi connectivity index (χ1n) is 8.22. The zero-order chi connectivity index (χ0) is 15.8. The summed E-state index contributed by atoms with van der Waals surface area (Å²) in [7, 11) is 1.59. The maximum atomic E-state index is 11.1. The van der Waals surface area contributed by atoms with Gasteiger partial charge in [0, 0.05) is 6.54 Å². The van der Waals surface area contributed by atoms with Gasteiger partial charge in [0.1, 0.15) is 0 Å². The van der Waals surface area contributed by atoms with Gasteiger partial charge in [0.05, 0.1) is 19.3 Å². The molecule has 2 rings (SSSR count). The number of carbonyl (C=O) groups excluding carboxylic acids is 1. The molecule has 22 heavy (non-hydrogen) atoms. The van der Waals surface area contributed by atoms with Crippen molar-refractivity contribution in [3.63, 3.8) is 0 Å². The summed E-state index contributed by atoms with van der Waals surface area (Å²) in [6.07, 6.45) is 5.61. The van der Waals surface area contributed by atoms with Crippen molar-refractivity contribution in [2.24, 2.45) is 5.92 Å². The lowest BCUT2D eigenvalue weighted by molar-refractivity contribution is 0.111. The fourth-order valence-electron chi connectivity index (χ4n) is 3.04. The lowest BCUT2D eigenvalue weighted by Gasteiger charge is -2.30. The van der Waals surface area contributed by atoms with Crippen LogP contribution in [-0.2, 0) is 0 Å². The van der Waals surface area contributed by atoms with Crippen LogP contribution in [0.4, 0.5) is 0 Å². The molecule has 0 N–H and O–H groups in total. The first-order valence-corrected chi connectivity index (χ1v) is 8.22. The third-order valence-electron chi connectivity index (χ3n) is 4.21. The molecule has 1 atom stereocenters. The van der Waals surface area contributed by atoms with Gasteiger partial charge in [-0.25, -0.2) is 0 Å². The molecule has 4 nitrogen and oxygen atoms in total. The lowest BCUT2D eigenvalue weighted by atomic mass is 10.0. The van der Waals surface area contributed by atoms with E-state index in [9.17, 15) is 4.79 Å². The van der Waals surface area contributed by atoms with E-state index in [1.807, 2.05) is 6.07 Å². The highest BCUT2D eigenvalue weighted by Gasteiger charge is 2.15. The van der Waals surface area contributed by atoms with Crippen molar-refractivity contribution in [2.45, 2.75) is 32.6 Å². The van der Waals surface area contributed by atoms with Crippen LogP contribution >= 0.6 is 0 Å². The average molecular weight is 305 g/mol. The molecule has 0 bridgehead atoms. The van der Waals surface area contributed by atoms with E-state index in [4.69, 9.17) is 9.47 Å². The standard InChI is InChI=1S/C18H27NO3/c1-15-7-6-11-19(13-15)10-3-4-12-22-18-16(14-20)8-5-9-17(18)21-2/h5,8-9,14-15H,3-4,6-7,10-13H2,1-2H3/t15-/m0/s1. The number of nitrogens with zero attached hydrogens (tertiary/aromatic N) is 1. The molecule has 1 aromatic carbocycles. The molecule has 0 saturated carbocycles. The van der Waals surface area contributed by atoms with Gasteiger partial charge in [-0.2, -0.15) is 0 Å². The molecular formula is C18H27NO3.